The fraction of sp³-hybridized carbons (Fsp3) is 0.125. The van der Waals surface area contributed by atoms with Gasteiger partial charge in [0, 0.05) is 11.6 Å². The van der Waals surface area contributed by atoms with Gasteiger partial charge in [-0.2, -0.15) is 0 Å². The maximum Gasteiger partial charge on any atom is 0.141 e. The van der Waals surface area contributed by atoms with Gasteiger partial charge < -0.3 is 5.73 Å². The lowest BCUT2D eigenvalue weighted by molar-refractivity contribution is 0.616. The van der Waals surface area contributed by atoms with E-state index in [1.54, 1.807) is 6.20 Å². The third-order valence-corrected chi connectivity index (χ3v) is 3.35. The topological polar surface area (TPSA) is 51.8 Å². The monoisotopic (exact) mass is 267 g/mol. The van der Waals surface area contributed by atoms with Gasteiger partial charge in [0.05, 0.1) is 23.4 Å². The largest absolute Gasteiger partial charge is 0.319 e. The summed E-state index contributed by atoms with van der Waals surface area (Å²) in [5, 5.41) is 1.10. The van der Waals surface area contributed by atoms with E-state index < -0.39 is 11.9 Å². The molecule has 100 valence electrons. The van der Waals surface area contributed by atoms with Crippen LogP contribution in [-0.2, 0) is 0 Å². The Labute approximate surface area is 116 Å². The molecule has 0 saturated heterocycles. The van der Waals surface area contributed by atoms with Gasteiger partial charge in [-0.1, -0.05) is 18.2 Å². The molecule has 2 aromatic heterocycles. The van der Waals surface area contributed by atoms with Crippen LogP contribution in [0.5, 0.6) is 0 Å². The summed E-state index contributed by atoms with van der Waals surface area (Å²) in [5.41, 5.74) is 9.50. The predicted octanol–water partition coefficient (Wildman–Crippen LogP) is 3.13. The first kappa shape index (κ1) is 12.7. The van der Waals surface area contributed by atoms with Crippen LogP contribution in [0, 0.1) is 12.7 Å². The van der Waals surface area contributed by atoms with E-state index in [0.717, 1.165) is 22.7 Å². The molecule has 0 aliphatic rings. The van der Waals surface area contributed by atoms with Crippen molar-refractivity contribution in [2.45, 2.75) is 13.0 Å². The highest BCUT2D eigenvalue weighted by Gasteiger charge is 2.13. The van der Waals surface area contributed by atoms with Crippen LogP contribution in [0.3, 0.4) is 0 Å². The van der Waals surface area contributed by atoms with Crippen molar-refractivity contribution < 1.29 is 4.39 Å². The number of hydrogen-bond acceptors (Lipinski definition) is 3. The van der Waals surface area contributed by atoms with Gasteiger partial charge in [0.15, 0.2) is 0 Å². The minimum absolute atomic E-state index is 0.393. The summed E-state index contributed by atoms with van der Waals surface area (Å²) in [7, 11) is 0. The molecule has 0 amide bonds. The van der Waals surface area contributed by atoms with E-state index in [1.165, 1.54) is 6.07 Å². The molecule has 3 aromatic rings. The molecule has 0 aliphatic carbocycles. The molecule has 0 spiro atoms. The van der Waals surface area contributed by atoms with Crippen molar-refractivity contribution in [3.05, 3.63) is 71.4 Å². The molecule has 0 fully saturated rings. The lowest BCUT2D eigenvalue weighted by atomic mass is 10.0. The number of rotatable bonds is 2. The van der Waals surface area contributed by atoms with Crippen molar-refractivity contribution in [2.75, 3.05) is 0 Å². The van der Waals surface area contributed by atoms with Gasteiger partial charge >= 0.3 is 0 Å². The SMILES string of the molecule is Cc1cc(C(N)c2cncc(F)c2)nc2ccccc12. The molecule has 1 aromatic carbocycles. The number of aromatic nitrogens is 2. The Morgan fingerprint density at radius 1 is 1.15 bits per heavy atom. The van der Waals surface area contributed by atoms with E-state index in [0.29, 0.717) is 11.3 Å². The van der Waals surface area contributed by atoms with E-state index in [4.69, 9.17) is 5.73 Å². The molecule has 2 heterocycles. The van der Waals surface area contributed by atoms with Gasteiger partial charge in [0.1, 0.15) is 5.82 Å². The zero-order valence-electron chi connectivity index (χ0n) is 11.0. The number of aryl methyl sites for hydroxylation is 1. The minimum Gasteiger partial charge on any atom is -0.319 e. The van der Waals surface area contributed by atoms with Crippen molar-refractivity contribution >= 4 is 10.9 Å². The molecule has 0 bridgehead atoms. The second kappa shape index (κ2) is 4.98. The maximum atomic E-state index is 13.2. The number of fused-ring (bicyclic) bond motifs is 1. The fourth-order valence-corrected chi connectivity index (χ4v) is 2.30. The molecule has 2 N–H and O–H groups in total. The lowest BCUT2D eigenvalue weighted by Gasteiger charge is -2.13. The first-order valence-electron chi connectivity index (χ1n) is 6.37. The third kappa shape index (κ3) is 2.26. The van der Waals surface area contributed by atoms with Crippen LogP contribution in [0.15, 0.2) is 48.8 Å². The lowest BCUT2D eigenvalue weighted by Crippen LogP contribution is -2.14. The Morgan fingerprint density at radius 2 is 1.95 bits per heavy atom. The molecular weight excluding hydrogens is 253 g/mol. The molecule has 20 heavy (non-hydrogen) atoms. The molecular formula is C16H14FN3. The fourth-order valence-electron chi connectivity index (χ4n) is 2.30. The molecule has 3 nitrogen and oxygen atoms in total. The van der Waals surface area contributed by atoms with E-state index in [1.807, 2.05) is 37.3 Å². The predicted molar refractivity (Wildman–Crippen MR) is 76.7 cm³/mol. The average Bonchev–Trinajstić information content (AvgIpc) is 2.46. The Kier molecular flexibility index (Phi) is 3.16. The summed E-state index contributed by atoms with van der Waals surface area (Å²) in [6, 6.07) is 10.7. The number of pyridine rings is 2. The van der Waals surface area contributed by atoms with Gasteiger partial charge in [0.2, 0.25) is 0 Å². The number of hydrogen-bond donors (Lipinski definition) is 1. The van der Waals surface area contributed by atoms with E-state index >= 15 is 0 Å². The van der Waals surface area contributed by atoms with Gasteiger partial charge in [0.25, 0.3) is 0 Å². The average molecular weight is 267 g/mol. The smallest absolute Gasteiger partial charge is 0.141 e. The van der Waals surface area contributed by atoms with Crippen LogP contribution in [0.4, 0.5) is 4.39 Å². The zero-order valence-corrected chi connectivity index (χ0v) is 11.0. The summed E-state index contributed by atoms with van der Waals surface area (Å²) in [5.74, 6) is -0.393. The van der Waals surface area contributed by atoms with Crippen LogP contribution >= 0.6 is 0 Å². The quantitative estimate of drug-likeness (QED) is 0.776. The molecule has 0 aliphatic heterocycles. The summed E-state index contributed by atoms with van der Waals surface area (Å²) in [6.45, 7) is 2.02. The van der Waals surface area contributed by atoms with Crippen LogP contribution in [-0.4, -0.2) is 9.97 Å². The molecule has 1 unspecified atom stereocenters. The van der Waals surface area contributed by atoms with Gasteiger partial charge in [-0.25, -0.2) is 4.39 Å². The van der Waals surface area contributed by atoms with Gasteiger partial charge in [-0.15, -0.1) is 0 Å². The Balaban J connectivity index is 2.10. The number of nitrogens with two attached hydrogens (primary N) is 1. The van der Waals surface area contributed by atoms with Crippen LogP contribution in [0.25, 0.3) is 10.9 Å². The van der Waals surface area contributed by atoms with Crippen molar-refractivity contribution in [3.8, 4) is 0 Å². The minimum atomic E-state index is -0.485. The first-order valence-corrected chi connectivity index (χ1v) is 6.37. The first-order chi connectivity index (χ1) is 9.65. The molecule has 0 radical (unpaired) electrons. The van der Waals surface area contributed by atoms with Crippen LogP contribution in [0.2, 0.25) is 0 Å². The van der Waals surface area contributed by atoms with Crippen molar-refractivity contribution in [1.82, 2.24) is 9.97 Å². The number of benzene rings is 1. The highest BCUT2D eigenvalue weighted by molar-refractivity contribution is 5.82. The van der Waals surface area contributed by atoms with Crippen molar-refractivity contribution in [1.29, 1.82) is 0 Å². The summed E-state index contributed by atoms with van der Waals surface area (Å²) >= 11 is 0. The zero-order chi connectivity index (χ0) is 14.1. The molecule has 4 heteroatoms. The van der Waals surface area contributed by atoms with Crippen molar-refractivity contribution in [3.63, 3.8) is 0 Å². The van der Waals surface area contributed by atoms with Gasteiger partial charge in [-0.05, 0) is 36.2 Å². The summed E-state index contributed by atoms with van der Waals surface area (Å²) in [6.07, 6.45) is 2.73. The highest BCUT2D eigenvalue weighted by Crippen LogP contribution is 2.23. The number of para-hydroxylation sites is 1. The van der Waals surface area contributed by atoms with Gasteiger partial charge in [-0.3, -0.25) is 9.97 Å². The summed E-state index contributed by atoms with van der Waals surface area (Å²) in [4.78, 5) is 8.40. The standard InChI is InChI=1S/C16H14FN3/c1-10-6-15(20-14-5-3-2-4-13(10)14)16(18)11-7-12(17)9-19-8-11/h2-9,16H,18H2,1H3. The van der Waals surface area contributed by atoms with E-state index in [-0.39, 0.29) is 0 Å². The Hall–Kier alpha value is -2.33. The molecule has 3 rings (SSSR count). The second-order valence-corrected chi connectivity index (χ2v) is 4.80. The summed E-state index contributed by atoms with van der Waals surface area (Å²) < 4.78 is 13.2. The number of halogens is 1. The highest BCUT2D eigenvalue weighted by atomic mass is 19.1. The van der Waals surface area contributed by atoms with Crippen LogP contribution < -0.4 is 5.73 Å². The molecule has 0 saturated carbocycles. The Morgan fingerprint density at radius 3 is 2.75 bits per heavy atom. The van der Waals surface area contributed by atoms with E-state index in [2.05, 4.69) is 9.97 Å². The normalized spacial score (nSPS) is 12.6. The van der Waals surface area contributed by atoms with Crippen LogP contribution in [0.1, 0.15) is 22.9 Å². The molecule has 1 atom stereocenters. The van der Waals surface area contributed by atoms with E-state index in [9.17, 15) is 4.39 Å². The maximum absolute atomic E-state index is 13.2. The number of nitrogens with zero attached hydrogens (tertiary/aromatic N) is 2. The Bertz CT molecular complexity index is 771. The van der Waals surface area contributed by atoms with Crippen molar-refractivity contribution in [2.24, 2.45) is 5.73 Å². The second-order valence-electron chi connectivity index (χ2n) is 4.80. The third-order valence-electron chi connectivity index (χ3n) is 3.35.